The molecule has 0 fully saturated rings. The number of ether oxygens (including phenoxy) is 1. The highest BCUT2D eigenvalue weighted by molar-refractivity contribution is 6.45. The number of fused-ring (bicyclic) bond motifs is 1. The minimum Gasteiger partial charge on any atom is -0.489 e. The van der Waals surface area contributed by atoms with Crippen molar-refractivity contribution in [1.82, 2.24) is 4.90 Å². The van der Waals surface area contributed by atoms with Gasteiger partial charge in [0.1, 0.15) is 12.4 Å². The Hall–Kier alpha value is -2.29. The van der Waals surface area contributed by atoms with Crippen LogP contribution in [-0.2, 0) is 6.42 Å². The molecule has 0 aliphatic carbocycles. The summed E-state index contributed by atoms with van der Waals surface area (Å²) in [4.78, 5) is 14.3. The molecule has 1 aromatic rings. The standard InChI is InChI=1S/C17H20BFN2O2/c1-12(2)21-6-5-14-7-15(3-4-16(14)17(21)22)23-10-13(9-19)8-18-11-20/h3-4,7,9,12,18H,5-6,8,10H2,1-2H3/b13-9+. The first-order valence-electron chi connectivity index (χ1n) is 7.78. The van der Waals surface area contributed by atoms with Gasteiger partial charge in [0.05, 0.1) is 6.33 Å². The lowest BCUT2D eigenvalue weighted by atomic mass is 9.74. The third-order valence-corrected chi connectivity index (χ3v) is 3.95. The van der Waals surface area contributed by atoms with Crippen molar-refractivity contribution >= 4 is 13.2 Å². The Kier molecular flexibility index (Phi) is 5.81. The van der Waals surface area contributed by atoms with Crippen molar-refractivity contribution in [3.63, 3.8) is 0 Å². The zero-order valence-corrected chi connectivity index (χ0v) is 13.5. The second kappa shape index (κ2) is 7.82. The highest BCUT2D eigenvalue weighted by Gasteiger charge is 2.26. The van der Waals surface area contributed by atoms with Gasteiger partial charge in [-0.3, -0.25) is 4.79 Å². The second-order valence-corrected chi connectivity index (χ2v) is 5.88. The molecular formula is C17H20BFN2O2. The van der Waals surface area contributed by atoms with Gasteiger partial charge in [0, 0.05) is 18.2 Å². The van der Waals surface area contributed by atoms with Crippen LogP contribution >= 0.6 is 0 Å². The van der Waals surface area contributed by atoms with Crippen LogP contribution in [0.15, 0.2) is 30.1 Å². The maximum atomic E-state index is 12.7. The van der Waals surface area contributed by atoms with Gasteiger partial charge < -0.3 is 9.64 Å². The number of hydrogen-bond acceptors (Lipinski definition) is 3. The van der Waals surface area contributed by atoms with Crippen LogP contribution in [0.1, 0.15) is 29.8 Å². The zero-order valence-electron chi connectivity index (χ0n) is 13.5. The first kappa shape index (κ1) is 17.1. The van der Waals surface area contributed by atoms with E-state index in [0.29, 0.717) is 36.1 Å². The van der Waals surface area contributed by atoms with Crippen LogP contribution in [0.25, 0.3) is 0 Å². The molecule has 1 aromatic carbocycles. The number of hydrogen-bond donors (Lipinski definition) is 0. The van der Waals surface area contributed by atoms with Crippen molar-refractivity contribution in [2.75, 3.05) is 13.2 Å². The highest BCUT2D eigenvalue weighted by atomic mass is 19.1. The molecule has 120 valence electrons. The summed E-state index contributed by atoms with van der Waals surface area (Å²) in [6.07, 6.45) is 1.65. The number of amides is 1. The molecule has 0 unspecified atom stereocenters. The quantitative estimate of drug-likeness (QED) is 0.759. The summed E-state index contributed by atoms with van der Waals surface area (Å²) in [6.45, 7) is 4.83. The average Bonchev–Trinajstić information content (AvgIpc) is 2.55. The Morgan fingerprint density at radius 2 is 2.35 bits per heavy atom. The van der Waals surface area contributed by atoms with E-state index in [4.69, 9.17) is 10.00 Å². The van der Waals surface area contributed by atoms with Gasteiger partial charge in [0.25, 0.3) is 13.2 Å². The van der Waals surface area contributed by atoms with Gasteiger partial charge in [-0.25, -0.2) is 9.65 Å². The summed E-state index contributed by atoms with van der Waals surface area (Å²) in [5, 5.41) is 8.54. The number of benzene rings is 1. The van der Waals surface area contributed by atoms with Gasteiger partial charge in [-0.05, 0) is 61.9 Å². The fourth-order valence-electron chi connectivity index (χ4n) is 2.62. The highest BCUT2D eigenvalue weighted by Crippen LogP contribution is 2.25. The molecule has 0 aromatic heterocycles. The van der Waals surface area contributed by atoms with E-state index < -0.39 is 0 Å². The summed E-state index contributed by atoms with van der Waals surface area (Å²) < 4.78 is 18.3. The van der Waals surface area contributed by atoms with E-state index in [-0.39, 0.29) is 25.8 Å². The summed E-state index contributed by atoms with van der Waals surface area (Å²) in [5.74, 6) is 2.65. The molecule has 1 amide bonds. The monoisotopic (exact) mass is 314 g/mol. The molecule has 4 nitrogen and oxygen atoms in total. The number of carbonyl (C=O) groups is 1. The molecule has 0 radical (unpaired) electrons. The predicted molar refractivity (Wildman–Crippen MR) is 88.6 cm³/mol. The summed E-state index contributed by atoms with van der Waals surface area (Å²) >= 11 is 0. The summed E-state index contributed by atoms with van der Waals surface area (Å²) in [5.41, 5.74) is 2.13. The van der Waals surface area contributed by atoms with E-state index in [0.717, 1.165) is 12.0 Å². The lowest BCUT2D eigenvalue weighted by molar-refractivity contribution is 0.0688. The maximum absolute atomic E-state index is 12.7. The molecule has 1 aliphatic heterocycles. The van der Waals surface area contributed by atoms with Crippen LogP contribution in [0.2, 0.25) is 6.32 Å². The number of nitrogens with zero attached hydrogens (tertiary/aromatic N) is 2. The van der Waals surface area contributed by atoms with Crippen LogP contribution in [0.3, 0.4) is 0 Å². The Morgan fingerprint density at radius 3 is 3.00 bits per heavy atom. The van der Waals surface area contributed by atoms with Crippen LogP contribution in [0.5, 0.6) is 5.75 Å². The average molecular weight is 314 g/mol. The van der Waals surface area contributed by atoms with Crippen LogP contribution in [-0.4, -0.2) is 37.3 Å². The normalized spacial score (nSPS) is 14.5. The topological polar surface area (TPSA) is 53.3 Å². The SMILES string of the molecule is CC(C)N1CCc2cc(OC/C(=C/F)CBC#N)ccc2C1=O. The van der Waals surface area contributed by atoms with Gasteiger partial charge >= 0.3 is 0 Å². The van der Waals surface area contributed by atoms with E-state index in [2.05, 4.69) is 0 Å². The predicted octanol–water partition coefficient (Wildman–Crippen LogP) is 2.66. The number of nitriles is 1. The van der Waals surface area contributed by atoms with Crippen LogP contribution < -0.4 is 4.74 Å². The van der Waals surface area contributed by atoms with Crippen molar-refractivity contribution in [3.8, 4) is 11.7 Å². The van der Waals surface area contributed by atoms with Crippen molar-refractivity contribution in [2.24, 2.45) is 0 Å². The smallest absolute Gasteiger partial charge is 0.254 e. The molecule has 1 heterocycles. The molecule has 0 spiro atoms. The summed E-state index contributed by atoms with van der Waals surface area (Å²) in [7, 11) is 0.267. The minimum absolute atomic E-state index is 0.0474. The molecule has 0 saturated heterocycles. The molecule has 23 heavy (non-hydrogen) atoms. The summed E-state index contributed by atoms with van der Waals surface area (Å²) in [6, 6.07) is 5.55. The minimum atomic E-state index is 0.0474. The molecule has 6 heteroatoms. The molecular weight excluding hydrogens is 294 g/mol. The van der Waals surface area contributed by atoms with E-state index in [9.17, 15) is 9.18 Å². The number of rotatable bonds is 6. The first-order valence-corrected chi connectivity index (χ1v) is 7.78. The fourth-order valence-corrected chi connectivity index (χ4v) is 2.62. The molecule has 2 rings (SSSR count). The molecule has 0 N–H and O–H groups in total. The van der Waals surface area contributed by atoms with Gasteiger partial charge in [-0.1, -0.05) is 0 Å². The van der Waals surface area contributed by atoms with E-state index in [1.54, 1.807) is 12.1 Å². The lowest BCUT2D eigenvalue weighted by Crippen LogP contribution is -2.42. The van der Waals surface area contributed by atoms with Crippen molar-refractivity contribution in [1.29, 1.82) is 5.26 Å². The number of halogens is 1. The van der Waals surface area contributed by atoms with Gasteiger partial charge in [0.2, 0.25) is 0 Å². The molecule has 0 atom stereocenters. The number of carbonyl (C=O) groups excluding carboxylic acids is 1. The van der Waals surface area contributed by atoms with Crippen molar-refractivity contribution in [3.05, 3.63) is 41.2 Å². The van der Waals surface area contributed by atoms with Crippen LogP contribution in [0, 0.1) is 11.2 Å². The fraction of sp³-hybridized carbons (Fsp3) is 0.412. The van der Waals surface area contributed by atoms with Gasteiger partial charge in [-0.15, -0.1) is 0 Å². The van der Waals surface area contributed by atoms with Crippen LogP contribution in [0.4, 0.5) is 4.39 Å². The first-order chi connectivity index (χ1) is 11.1. The third kappa shape index (κ3) is 4.13. The van der Waals surface area contributed by atoms with E-state index >= 15 is 0 Å². The van der Waals surface area contributed by atoms with Crippen molar-refractivity contribution < 1.29 is 13.9 Å². The molecule has 0 saturated carbocycles. The Labute approximate surface area is 136 Å². The Morgan fingerprint density at radius 1 is 1.57 bits per heavy atom. The maximum Gasteiger partial charge on any atom is 0.254 e. The Bertz CT molecular complexity index is 652. The second-order valence-electron chi connectivity index (χ2n) is 5.88. The van der Waals surface area contributed by atoms with Crippen molar-refractivity contribution in [2.45, 2.75) is 32.6 Å². The lowest BCUT2D eigenvalue weighted by Gasteiger charge is -2.32. The third-order valence-electron chi connectivity index (χ3n) is 3.95. The van der Waals surface area contributed by atoms with E-state index in [1.165, 1.54) is 0 Å². The Balaban J connectivity index is 2.05. The molecule has 1 aliphatic rings. The van der Waals surface area contributed by atoms with Gasteiger partial charge in [0.15, 0.2) is 0 Å². The largest absolute Gasteiger partial charge is 0.489 e. The van der Waals surface area contributed by atoms with Gasteiger partial charge in [-0.2, -0.15) is 0 Å². The zero-order chi connectivity index (χ0) is 16.8. The van der Waals surface area contributed by atoms with E-state index in [1.807, 2.05) is 30.8 Å². The molecule has 0 bridgehead atoms.